The van der Waals surface area contributed by atoms with Gasteiger partial charge in [0.1, 0.15) is 0 Å². The van der Waals surface area contributed by atoms with Crippen LogP contribution in [-0.4, -0.2) is 27.6 Å². The van der Waals surface area contributed by atoms with Gasteiger partial charge in [-0.25, -0.2) is 4.98 Å². The van der Waals surface area contributed by atoms with E-state index in [1.165, 1.54) is 6.42 Å². The molecule has 19 heavy (non-hydrogen) atoms. The Morgan fingerprint density at radius 3 is 2.74 bits per heavy atom. The Balaban J connectivity index is 2.11. The second kappa shape index (κ2) is 5.95. The number of carbonyl (C=O) groups is 1. The van der Waals surface area contributed by atoms with Crippen molar-refractivity contribution in [2.45, 2.75) is 55.8 Å². The lowest BCUT2D eigenvalue weighted by Crippen LogP contribution is -2.32. The summed E-state index contributed by atoms with van der Waals surface area (Å²) in [5, 5.41) is 1.05. The standard InChI is InChI=1S/C15H22N2OS/c1-15(2,3)19-14-8-7-12(10-16-14)13-6-4-5-9-17(13)11-18/h7-8,10-11,13H,4-6,9H2,1-3H3. The minimum absolute atomic E-state index is 0.175. The highest BCUT2D eigenvalue weighted by Gasteiger charge is 2.23. The predicted octanol–water partition coefficient (Wildman–Crippen LogP) is 3.66. The van der Waals surface area contributed by atoms with Gasteiger partial charge in [0.25, 0.3) is 0 Å². The van der Waals surface area contributed by atoms with Gasteiger partial charge in [-0.3, -0.25) is 4.79 Å². The molecule has 0 spiro atoms. The van der Waals surface area contributed by atoms with Crippen LogP contribution in [0.25, 0.3) is 0 Å². The molecule has 4 heteroatoms. The van der Waals surface area contributed by atoms with E-state index in [0.29, 0.717) is 0 Å². The van der Waals surface area contributed by atoms with Crippen LogP contribution < -0.4 is 0 Å². The first-order valence-electron chi connectivity index (χ1n) is 6.85. The number of amides is 1. The summed E-state index contributed by atoms with van der Waals surface area (Å²) in [6.07, 6.45) is 6.25. The lowest BCUT2D eigenvalue weighted by atomic mass is 9.97. The summed E-state index contributed by atoms with van der Waals surface area (Å²) >= 11 is 1.77. The van der Waals surface area contributed by atoms with Crippen LogP contribution in [0.15, 0.2) is 23.4 Å². The molecule has 104 valence electrons. The molecule has 1 saturated heterocycles. The molecule has 1 aromatic heterocycles. The van der Waals surface area contributed by atoms with Gasteiger partial charge < -0.3 is 4.90 Å². The van der Waals surface area contributed by atoms with Crippen molar-refractivity contribution in [3.05, 3.63) is 23.9 Å². The van der Waals surface area contributed by atoms with Crippen molar-refractivity contribution < 1.29 is 4.79 Å². The van der Waals surface area contributed by atoms with Gasteiger partial charge in [0.15, 0.2) is 0 Å². The zero-order chi connectivity index (χ0) is 13.9. The van der Waals surface area contributed by atoms with Gasteiger partial charge in [0.2, 0.25) is 6.41 Å². The van der Waals surface area contributed by atoms with Gasteiger partial charge in [-0.2, -0.15) is 0 Å². The van der Waals surface area contributed by atoms with E-state index in [-0.39, 0.29) is 10.8 Å². The van der Waals surface area contributed by atoms with Crippen molar-refractivity contribution in [3.63, 3.8) is 0 Å². The first-order valence-corrected chi connectivity index (χ1v) is 7.67. The van der Waals surface area contributed by atoms with E-state index >= 15 is 0 Å². The third-order valence-corrected chi connectivity index (χ3v) is 4.30. The molecule has 0 aliphatic carbocycles. The van der Waals surface area contributed by atoms with E-state index in [1.54, 1.807) is 11.8 Å². The van der Waals surface area contributed by atoms with E-state index < -0.39 is 0 Å². The molecule has 0 N–H and O–H groups in total. The SMILES string of the molecule is CC(C)(C)Sc1ccc(C2CCCCN2C=O)cn1. The zero-order valence-corrected chi connectivity index (χ0v) is 12.7. The number of hydrogen-bond acceptors (Lipinski definition) is 3. The van der Waals surface area contributed by atoms with Gasteiger partial charge in [-0.1, -0.05) is 26.8 Å². The molecule has 1 aromatic rings. The van der Waals surface area contributed by atoms with Crippen LogP contribution in [0, 0.1) is 0 Å². The predicted molar refractivity (Wildman–Crippen MR) is 79.2 cm³/mol. The molecule has 1 aliphatic heterocycles. The van der Waals surface area contributed by atoms with Crippen molar-refractivity contribution in [1.29, 1.82) is 0 Å². The molecular formula is C15H22N2OS. The molecule has 0 aromatic carbocycles. The Kier molecular flexibility index (Phi) is 4.50. The third kappa shape index (κ3) is 3.96. The van der Waals surface area contributed by atoms with Crippen LogP contribution in [0.4, 0.5) is 0 Å². The highest BCUT2D eigenvalue weighted by atomic mass is 32.2. The number of thioether (sulfide) groups is 1. The van der Waals surface area contributed by atoms with Gasteiger partial charge in [0, 0.05) is 17.5 Å². The molecule has 1 fully saturated rings. The van der Waals surface area contributed by atoms with E-state index in [4.69, 9.17) is 0 Å². The summed E-state index contributed by atoms with van der Waals surface area (Å²) in [6.45, 7) is 7.42. The van der Waals surface area contributed by atoms with Gasteiger partial charge in [-0.15, -0.1) is 11.8 Å². The van der Waals surface area contributed by atoms with Crippen molar-refractivity contribution in [3.8, 4) is 0 Å². The summed E-state index contributed by atoms with van der Waals surface area (Å²) in [6, 6.07) is 4.41. The van der Waals surface area contributed by atoms with E-state index in [1.807, 2.05) is 11.1 Å². The molecule has 1 aliphatic rings. The topological polar surface area (TPSA) is 33.2 Å². The summed E-state index contributed by atoms with van der Waals surface area (Å²) < 4.78 is 0.175. The smallest absolute Gasteiger partial charge is 0.210 e. The average Bonchev–Trinajstić information content (AvgIpc) is 2.38. The van der Waals surface area contributed by atoms with Gasteiger partial charge in [0.05, 0.1) is 11.1 Å². The fraction of sp³-hybridized carbons (Fsp3) is 0.600. The number of piperidine rings is 1. The molecule has 1 atom stereocenters. The Bertz CT molecular complexity index is 425. The van der Waals surface area contributed by atoms with Crippen LogP contribution in [0.5, 0.6) is 0 Å². The molecule has 0 radical (unpaired) electrons. The Labute approximate surface area is 119 Å². The van der Waals surface area contributed by atoms with Crippen molar-refractivity contribution in [1.82, 2.24) is 9.88 Å². The first kappa shape index (κ1) is 14.4. The molecule has 1 unspecified atom stereocenters. The van der Waals surface area contributed by atoms with Crippen molar-refractivity contribution >= 4 is 18.2 Å². The number of aromatic nitrogens is 1. The van der Waals surface area contributed by atoms with E-state index in [0.717, 1.165) is 36.4 Å². The average molecular weight is 278 g/mol. The minimum atomic E-state index is 0.175. The number of likely N-dealkylation sites (tertiary alicyclic amines) is 1. The Morgan fingerprint density at radius 1 is 1.37 bits per heavy atom. The van der Waals surface area contributed by atoms with Crippen molar-refractivity contribution in [2.24, 2.45) is 0 Å². The largest absolute Gasteiger partial charge is 0.338 e. The zero-order valence-electron chi connectivity index (χ0n) is 11.9. The lowest BCUT2D eigenvalue weighted by Gasteiger charge is -2.32. The summed E-state index contributed by atoms with van der Waals surface area (Å²) in [7, 11) is 0. The molecule has 2 rings (SSSR count). The highest BCUT2D eigenvalue weighted by molar-refractivity contribution is 8.00. The minimum Gasteiger partial charge on any atom is -0.338 e. The molecular weight excluding hydrogens is 256 g/mol. The number of rotatable bonds is 3. The normalized spacial score (nSPS) is 20.4. The van der Waals surface area contributed by atoms with Gasteiger partial charge in [-0.05, 0) is 30.9 Å². The molecule has 3 nitrogen and oxygen atoms in total. The van der Waals surface area contributed by atoms with Crippen LogP contribution in [-0.2, 0) is 4.79 Å². The molecule has 0 bridgehead atoms. The fourth-order valence-corrected chi connectivity index (χ4v) is 3.27. The van der Waals surface area contributed by atoms with Crippen LogP contribution in [0.2, 0.25) is 0 Å². The Hall–Kier alpha value is -1.03. The van der Waals surface area contributed by atoms with Crippen molar-refractivity contribution in [2.75, 3.05) is 6.54 Å². The lowest BCUT2D eigenvalue weighted by molar-refractivity contribution is -0.121. The van der Waals surface area contributed by atoms with Crippen LogP contribution in [0.1, 0.15) is 51.6 Å². The number of hydrogen-bond donors (Lipinski definition) is 0. The summed E-state index contributed by atoms with van der Waals surface area (Å²) in [4.78, 5) is 17.5. The summed E-state index contributed by atoms with van der Waals surface area (Å²) in [5.41, 5.74) is 1.16. The third-order valence-electron chi connectivity index (χ3n) is 3.23. The quantitative estimate of drug-likeness (QED) is 0.625. The summed E-state index contributed by atoms with van der Waals surface area (Å²) in [5.74, 6) is 0. The first-order chi connectivity index (χ1) is 8.99. The molecule has 0 saturated carbocycles. The molecule has 1 amide bonds. The number of pyridine rings is 1. The van der Waals surface area contributed by atoms with Crippen LogP contribution in [0.3, 0.4) is 0 Å². The maximum atomic E-state index is 11.1. The maximum Gasteiger partial charge on any atom is 0.210 e. The maximum absolute atomic E-state index is 11.1. The second-order valence-corrected chi connectivity index (χ2v) is 7.85. The second-order valence-electron chi connectivity index (χ2n) is 6.00. The van der Waals surface area contributed by atoms with Crippen LogP contribution >= 0.6 is 11.8 Å². The Morgan fingerprint density at radius 2 is 2.16 bits per heavy atom. The monoisotopic (exact) mass is 278 g/mol. The van der Waals surface area contributed by atoms with E-state index in [9.17, 15) is 4.79 Å². The van der Waals surface area contributed by atoms with E-state index in [2.05, 4.69) is 37.9 Å². The number of carbonyl (C=O) groups excluding carboxylic acids is 1. The number of nitrogens with zero attached hydrogens (tertiary/aromatic N) is 2. The molecule has 2 heterocycles. The highest BCUT2D eigenvalue weighted by Crippen LogP contribution is 2.33. The van der Waals surface area contributed by atoms with Gasteiger partial charge >= 0.3 is 0 Å². The fourth-order valence-electron chi connectivity index (χ4n) is 2.40.